The number of hydrogen-bond donors (Lipinski definition) is 1. The Morgan fingerprint density at radius 2 is 0.824 bits per heavy atom. The summed E-state index contributed by atoms with van der Waals surface area (Å²) < 4.78 is 92.3. The number of methoxy groups -OCH3 is 6. The summed E-state index contributed by atoms with van der Waals surface area (Å²) in [6, 6.07) is 37.0. The van der Waals surface area contributed by atoms with E-state index >= 15 is 28.4 Å². The Morgan fingerprint density at radius 1 is 0.426 bits per heavy atom. The number of benzene rings is 6. The van der Waals surface area contributed by atoms with Crippen LogP contribution in [0.15, 0.2) is 177 Å². The second-order valence-electron chi connectivity index (χ2n) is 37.1. The molecule has 9 aliphatic rings. The van der Waals surface area contributed by atoms with Crippen LogP contribution in [0, 0.1) is 46.1 Å². The van der Waals surface area contributed by atoms with Gasteiger partial charge in [-0.15, -0.1) is 34.0 Å². The van der Waals surface area contributed by atoms with Crippen LogP contribution in [0.3, 0.4) is 0 Å². The lowest BCUT2D eigenvalue weighted by Crippen LogP contribution is -2.53. The van der Waals surface area contributed by atoms with Crippen LogP contribution < -0.4 is 66.8 Å². The zero-order chi connectivity index (χ0) is 104. The van der Waals surface area contributed by atoms with E-state index in [-0.39, 0.29) is 147 Å². The molecule has 21 rings (SSSR count). The van der Waals surface area contributed by atoms with Gasteiger partial charge in [-0.25, -0.2) is 33.2 Å². The topological polar surface area (TPSA) is 334 Å². The highest BCUT2D eigenvalue weighted by molar-refractivity contribution is 7.14. The average Bonchev–Trinajstić information content (AvgIpc) is 1.60. The van der Waals surface area contributed by atoms with Crippen LogP contribution in [0.5, 0.6) is 46.0 Å². The summed E-state index contributed by atoms with van der Waals surface area (Å²) >= 11 is 44.3. The number of thiophene rings is 3. The fraction of sp³-hybridized carbons (Fsp3) is 0.355. The Hall–Kier alpha value is -12.2. The summed E-state index contributed by atoms with van der Waals surface area (Å²) in [6.07, 6.45) is 6.20. The molecule has 9 fully saturated rings. The molecule has 776 valence electrons. The van der Waals surface area contributed by atoms with E-state index in [0.29, 0.717) is 122 Å². The van der Waals surface area contributed by atoms with E-state index in [1.807, 2.05) is 0 Å². The van der Waals surface area contributed by atoms with E-state index < -0.39 is 84.9 Å². The van der Waals surface area contributed by atoms with Crippen LogP contribution in [0.1, 0.15) is 156 Å². The van der Waals surface area contributed by atoms with Crippen LogP contribution in [0.2, 0.25) is 30.1 Å². The molecule has 41 heteroatoms. The molecule has 0 unspecified atom stereocenters. The van der Waals surface area contributed by atoms with Gasteiger partial charge in [-0.2, -0.15) is 14.2 Å². The first-order valence-corrected chi connectivity index (χ1v) is 52.7. The first-order chi connectivity index (χ1) is 71.4. The molecule has 1 N–H and O–H groups in total. The first kappa shape index (κ1) is 106. The molecule has 6 aromatic carbocycles. The third kappa shape index (κ3) is 23.5. The molecular formula is C107H104Cl6FN9O22S3. The molecule has 0 aliphatic carbocycles. The maximum Gasteiger partial charge on any atom is 0.414 e. The highest BCUT2D eigenvalue weighted by Gasteiger charge is 2.44. The van der Waals surface area contributed by atoms with Gasteiger partial charge in [-0.1, -0.05) is 112 Å². The Bertz CT molecular complexity index is 6930. The summed E-state index contributed by atoms with van der Waals surface area (Å²) in [5, 5.41) is 49.5. The number of rotatable bonds is 36. The SMILES string of the molecule is COc1ccc([C@H](Cc2c(Cl)c[n+]([O-])cc2Cl)c2cc(CN(C(=O)O[C@H]3CN4CCC3CC4)c3cccc(OC(=O)c4sc(CN(C(=O)O[C@H]5CN6CCC5CC6)c5ccccc5CO)cc4[C@@H](Cc4c(Cl)c[n+]([O-])cc4Cl)c4ccc(OC)c(OC)c4)c3C)sc2C(=O)Oc2cc(F)cc(N(Cc3ccc(C(=O)O[C@@H](Cc4c(Cl)c[n+]([O-])cc4Cl)c4ccc(OC)c(OC)c4)s3)C(=O)O[C@H]3CN4CCC3CC4)c2)cc1OC. The van der Waals surface area contributed by atoms with Crippen LogP contribution in [-0.2, 0) is 64.5 Å². The Balaban J connectivity index is 0.727. The van der Waals surface area contributed by atoms with Gasteiger partial charge in [0.2, 0.25) is 0 Å². The van der Waals surface area contributed by atoms with E-state index in [9.17, 15) is 25.5 Å². The van der Waals surface area contributed by atoms with E-state index in [4.69, 9.17) is 126 Å². The first-order valence-electron chi connectivity index (χ1n) is 48.0. The van der Waals surface area contributed by atoms with Crippen LogP contribution in [0.25, 0.3) is 0 Å². The molecule has 0 spiro atoms. The molecule has 3 amide bonds. The highest BCUT2D eigenvalue weighted by atomic mass is 35.5. The van der Waals surface area contributed by atoms with E-state index in [2.05, 4.69) is 14.7 Å². The minimum atomic E-state index is -1.10. The number of para-hydroxylation sites is 1. The van der Waals surface area contributed by atoms with E-state index in [1.54, 1.807) is 122 Å². The van der Waals surface area contributed by atoms with Gasteiger partial charge < -0.3 is 77.6 Å². The number of fused-ring (bicyclic) bond motifs is 9. The number of pyridine rings is 3. The van der Waals surface area contributed by atoms with Gasteiger partial charge in [0.25, 0.3) is 0 Å². The summed E-state index contributed by atoms with van der Waals surface area (Å²) in [4.78, 5) is 106. The molecule has 148 heavy (non-hydrogen) atoms. The molecule has 6 atom stereocenters. The van der Waals surface area contributed by atoms with Gasteiger partial charge in [-0.3, -0.25) is 29.4 Å². The maximum atomic E-state index is 17.2. The number of halogens is 7. The van der Waals surface area contributed by atoms with Gasteiger partial charge in [0.1, 0.15) is 86.5 Å². The Labute approximate surface area is 894 Å². The third-order valence-electron chi connectivity index (χ3n) is 28.4. The minimum absolute atomic E-state index is 0.00750. The molecule has 0 radical (unpaired) electrons. The van der Waals surface area contributed by atoms with Crippen molar-refractivity contribution in [3.8, 4) is 46.0 Å². The number of aliphatic hydroxyl groups excluding tert-OH is 1. The van der Waals surface area contributed by atoms with Gasteiger partial charge in [0.05, 0.1) is 86.0 Å². The Kier molecular flexibility index (Phi) is 33.2. The highest BCUT2D eigenvalue weighted by Crippen LogP contribution is 2.49. The molecule has 6 aromatic heterocycles. The molecule has 15 heterocycles. The zero-order valence-electron chi connectivity index (χ0n) is 81.4. The van der Waals surface area contributed by atoms with Gasteiger partial charge >= 0.3 is 36.2 Å². The molecule has 6 bridgehead atoms. The van der Waals surface area contributed by atoms with Gasteiger partial charge in [-0.05, 0) is 228 Å². The largest absolute Gasteiger partial charge is 0.619 e. The number of esters is 3. The van der Waals surface area contributed by atoms with Crippen molar-refractivity contribution in [2.45, 2.75) is 127 Å². The fourth-order valence-corrected chi connectivity index (χ4v) is 25.4. The fourth-order valence-electron chi connectivity index (χ4n) is 20.6. The second kappa shape index (κ2) is 46.5. The third-order valence-corrected chi connectivity index (χ3v) is 33.6. The quantitative estimate of drug-likeness (QED) is 0.0125. The Morgan fingerprint density at radius 3 is 1.26 bits per heavy atom. The van der Waals surface area contributed by atoms with Crippen molar-refractivity contribution in [2.75, 3.05) is 116 Å². The number of aromatic nitrogens is 3. The van der Waals surface area contributed by atoms with E-state index in [0.717, 1.165) is 149 Å². The van der Waals surface area contributed by atoms with Crippen molar-refractivity contribution in [1.29, 1.82) is 0 Å². The molecule has 9 saturated heterocycles. The second-order valence-corrected chi connectivity index (χ2v) is 43.0. The van der Waals surface area contributed by atoms with Gasteiger partial charge in [0.15, 0.2) is 71.7 Å². The van der Waals surface area contributed by atoms with Gasteiger partial charge in [0, 0.05) is 92.5 Å². The monoisotopic (exact) mass is 2190 g/mol. The molecule has 31 nitrogen and oxygen atoms in total. The number of nitrogens with zero attached hydrogens (tertiary/aromatic N) is 9. The van der Waals surface area contributed by atoms with Crippen molar-refractivity contribution in [3.63, 3.8) is 0 Å². The number of piperidine rings is 9. The van der Waals surface area contributed by atoms with Crippen LogP contribution >= 0.6 is 104 Å². The maximum absolute atomic E-state index is 17.2. The molecule has 12 aromatic rings. The number of anilines is 3. The normalized spacial score (nSPS) is 19.1. The van der Waals surface area contributed by atoms with Crippen LogP contribution in [0.4, 0.5) is 35.8 Å². The lowest BCUT2D eigenvalue weighted by molar-refractivity contribution is -0.605. The number of carbonyl (C=O) groups excluding carboxylic acids is 6. The summed E-state index contributed by atoms with van der Waals surface area (Å²) in [6.45, 7) is 6.69. The summed E-state index contributed by atoms with van der Waals surface area (Å²) in [5.41, 5.74) is 4.06. The van der Waals surface area contributed by atoms with Crippen molar-refractivity contribution in [3.05, 3.63) is 313 Å². The smallest absolute Gasteiger partial charge is 0.414 e. The lowest BCUT2D eigenvalue weighted by atomic mass is 9.85. The predicted molar refractivity (Wildman–Crippen MR) is 558 cm³/mol. The zero-order valence-corrected chi connectivity index (χ0v) is 88.4. The number of aliphatic hydroxyl groups is 1. The van der Waals surface area contributed by atoms with Crippen molar-refractivity contribution in [2.24, 2.45) is 17.8 Å². The number of hydrogen-bond acceptors (Lipinski definition) is 28. The number of ether oxygens (including phenoxy) is 12. The molecule has 9 aliphatic heterocycles. The number of amides is 3. The molecule has 0 saturated carbocycles. The minimum Gasteiger partial charge on any atom is -0.619 e. The lowest BCUT2D eigenvalue weighted by Gasteiger charge is -2.44. The van der Waals surface area contributed by atoms with Crippen molar-refractivity contribution in [1.82, 2.24) is 14.7 Å². The summed E-state index contributed by atoms with van der Waals surface area (Å²) in [5.74, 6) is -3.93. The molecular weight excluding hydrogens is 2090 g/mol. The standard InChI is InChI=1S/C107H104Cl6FN9O22S3/c1-59-86(13-10-14-88(59)141-104(127)101-76(74(44-78-82(110)51-119(132)52-83(78)111)64-16-20-90(135-3)94(36-64)138-6)42-72(148-101)48-123(87-12-9-8-11-66(87)58-124)107(130)145-98-57-117-33-27-62(98)28-34-117)122(106(129)144-97-56-116-31-25-61(97)26-32-116)47-71-41-75(73(43-77-80(108)49-118(131)50-81(77)109)63-15-19-89(134-2)93(35-63)137-5)100(147-71)103(126)140-69-39-67(114)38-68(40-69)121(105(128)143-96-55-115-29-23-60(96)24-30-115)46-70-18-22-99(146-70)102(125)142-92(45-79-84(112)53-120(133)54-85(79)113)65-17-21-91(136-4)95(37-65)139-7/h8-22,35-42,49-54,60-62,73-74,92,96-98,124H,23-34,43-48,55-58H2,1-7H3/t73-,74-,92-,96-,97-,98-/m0/s1. The average molecular weight is 2200 g/mol. The van der Waals surface area contributed by atoms with E-state index in [1.165, 1.54) is 81.9 Å². The number of carbonyl (C=O) groups is 6. The van der Waals surface area contributed by atoms with Crippen molar-refractivity contribution < 1.29 is 109 Å². The predicted octanol–water partition coefficient (Wildman–Crippen LogP) is 20.7. The van der Waals surface area contributed by atoms with Crippen molar-refractivity contribution >= 4 is 157 Å². The summed E-state index contributed by atoms with van der Waals surface area (Å²) in [7, 11) is 8.81. The van der Waals surface area contributed by atoms with Crippen LogP contribution in [-0.4, -0.2) is 176 Å².